The zero-order valence-corrected chi connectivity index (χ0v) is 12.2. The molecule has 0 aromatic rings. The molecule has 1 amide bonds. The second kappa shape index (κ2) is 7.50. The summed E-state index contributed by atoms with van der Waals surface area (Å²) >= 11 is 0. The fraction of sp³-hybridized carbons (Fsp3) is 0.867. The highest BCUT2D eigenvalue weighted by molar-refractivity contribution is 5.84. The fourth-order valence-corrected chi connectivity index (χ4v) is 3.65. The highest BCUT2D eigenvalue weighted by Crippen LogP contribution is 2.28. The molecular formula is C15H27N3O2. The first-order valence-electron chi connectivity index (χ1n) is 7.97. The first-order chi connectivity index (χ1) is 9.70. The first kappa shape index (κ1) is 15.1. The third-order valence-corrected chi connectivity index (χ3v) is 4.86. The molecule has 0 radical (unpaired) electrons. The van der Waals surface area contributed by atoms with Gasteiger partial charge >= 0.3 is 0 Å². The average Bonchev–Trinajstić information content (AvgIpc) is 2.93. The van der Waals surface area contributed by atoms with Gasteiger partial charge < -0.3 is 16.3 Å². The maximum absolute atomic E-state index is 12.0. The number of oxime groups is 1. The van der Waals surface area contributed by atoms with E-state index in [4.69, 9.17) is 10.9 Å². The van der Waals surface area contributed by atoms with E-state index in [-0.39, 0.29) is 23.7 Å². The number of carbonyl (C=O) groups excluding carboxylic acids is 1. The Labute approximate surface area is 121 Å². The van der Waals surface area contributed by atoms with Gasteiger partial charge in [0.05, 0.1) is 0 Å². The van der Waals surface area contributed by atoms with E-state index in [1.807, 2.05) is 0 Å². The van der Waals surface area contributed by atoms with Crippen molar-refractivity contribution in [3.63, 3.8) is 0 Å². The topological polar surface area (TPSA) is 87.7 Å². The standard InChI is InChI=1S/C15H27N3O2/c16-15(18-20)12-7-4-8-13(12)17-14(19)10-9-11-5-2-1-3-6-11/h11-13,20H,1-10H2,(H2,16,18)(H,17,19). The predicted octanol–water partition coefficient (Wildman–Crippen LogP) is 2.38. The minimum atomic E-state index is -0.00127. The largest absolute Gasteiger partial charge is 0.409 e. The predicted molar refractivity (Wildman–Crippen MR) is 78.5 cm³/mol. The molecule has 0 aromatic heterocycles. The molecule has 20 heavy (non-hydrogen) atoms. The van der Waals surface area contributed by atoms with Crippen molar-refractivity contribution in [3.05, 3.63) is 0 Å². The number of carbonyl (C=O) groups is 1. The molecule has 0 aliphatic heterocycles. The monoisotopic (exact) mass is 281 g/mol. The van der Waals surface area contributed by atoms with Crippen LogP contribution in [0.25, 0.3) is 0 Å². The van der Waals surface area contributed by atoms with Crippen LogP contribution < -0.4 is 11.1 Å². The lowest BCUT2D eigenvalue weighted by molar-refractivity contribution is -0.122. The molecule has 4 N–H and O–H groups in total. The van der Waals surface area contributed by atoms with Gasteiger partial charge in [-0.15, -0.1) is 0 Å². The summed E-state index contributed by atoms with van der Waals surface area (Å²) in [4.78, 5) is 12.0. The van der Waals surface area contributed by atoms with Crippen LogP contribution in [0.1, 0.15) is 64.2 Å². The maximum atomic E-state index is 12.0. The van der Waals surface area contributed by atoms with Crippen LogP contribution in [-0.4, -0.2) is 23.0 Å². The Morgan fingerprint density at radius 1 is 1.15 bits per heavy atom. The summed E-state index contributed by atoms with van der Waals surface area (Å²) in [6.45, 7) is 0. The Morgan fingerprint density at radius 2 is 1.90 bits per heavy atom. The van der Waals surface area contributed by atoms with Crippen molar-refractivity contribution >= 4 is 11.7 Å². The van der Waals surface area contributed by atoms with E-state index < -0.39 is 0 Å². The maximum Gasteiger partial charge on any atom is 0.220 e. The van der Waals surface area contributed by atoms with Crippen molar-refractivity contribution in [1.29, 1.82) is 0 Å². The van der Waals surface area contributed by atoms with Gasteiger partial charge in [-0.05, 0) is 25.2 Å². The molecule has 0 aromatic carbocycles. The van der Waals surface area contributed by atoms with Crippen LogP contribution in [0, 0.1) is 11.8 Å². The summed E-state index contributed by atoms with van der Waals surface area (Å²) in [6, 6.07) is 0.0461. The number of nitrogens with two attached hydrogens (primary N) is 1. The summed E-state index contributed by atoms with van der Waals surface area (Å²) in [5, 5.41) is 14.9. The molecule has 2 unspecified atom stereocenters. The van der Waals surface area contributed by atoms with E-state index in [1.54, 1.807) is 0 Å². The number of hydrogen-bond donors (Lipinski definition) is 3. The molecule has 0 heterocycles. The Bertz CT molecular complexity index is 351. The smallest absolute Gasteiger partial charge is 0.220 e. The Morgan fingerprint density at radius 3 is 2.60 bits per heavy atom. The lowest BCUT2D eigenvalue weighted by Crippen LogP contribution is -2.42. The van der Waals surface area contributed by atoms with Gasteiger partial charge in [0.2, 0.25) is 5.91 Å². The molecule has 2 aliphatic rings. The summed E-state index contributed by atoms with van der Waals surface area (Å²) in [5.41, 5.74) is 5.68. The Balaban J connectivity index is 1.73. The molecule has 2 aliphatic carbocycles. The Kier molecular flexibility index (Phi) is 5.68. The van der Waals surface area contributed by atoms with Gasteiger partial charge in [-0.1, -0.05) is 43.7 Å². The van der Waals surface area contributed by atoms with Gasteiger partial charge in [-0.2, -0.15) is 0 Å². The third kappa shape index (κ3) is 4.12. The average molecular weight is 281 g/mol. The second-order valence-electron chi connectivity index (χ2n) is 6.28. The van der Waals surface area contributed by atoms with Crippen molar-refractivity contribution in [1.82, 2.24) is 5.32 Å². The van der Waals surface area contributed by atoms with E-state index in [9.17, 15) is 4.79 Å². The van der Waals surface area contributed by atoms with Gasteiger partial charge in [-0.25, -0.2) is 0 Å². The number of nitrogens with zero attached hydrogens (tertiary/aromatic N) is 1. The molecule has 0 bridgehead atoms. The van der Waals surface area contributed by atoms with Crippen LogP contribution in [0.4, 0.5) is 0 Å². The van der Waals surface area contributed by atoms with Crippen molar-refractivity contribution < 1.29 is 10.0 Å². The lowest BCUT2D eigenvalue weighted by atomic mass is 9.86. The summed E-state index contributed by atoms with van der Waals surface area (Å²) < 4.78 is 0. The van der Waals surface area contributed by atoms with E-state index in [0.717, 1.165) is 31.6 Å². The van der Waals surface area contributed by atoms with Crippen LogP contribution in [0.2, 0.25) is 0 Å². The van der Waals surface area contributed by atoms with Gasteiger partial charge in [0.1, 0.15) is 5.84 Å². The number of amides is 1. The number of rotatable bonds is 5. The highest BCUT2D eigenvalue weighted by atomic mass is 16.4. The van der Waals surface area contributed by atoms with Crippen LogP contribution in [0.15, 0.2) is 5.16 Å². The quantitative estimate of drug-likeness (QED) is 0.313. The third-order valence-electron chi connectivity index (χ3n) is 4.86. The Hall–Kier alpha value is -1.26. The summed E-state index contributed by atoms with van der Waals surface area (Å²) in [7, 11) is 0. The first-order valence-corrected chi connectivity index (χ1v) is 7.97. The molecule has 0 saturated heterocycles. The van der Waals surface area contributed by atoms with Crippen LogP contribution in [0.5, 0.6) is 0 Å². The molecule has 5 heteroatoms. The summed E-state index contributed by atoms with van der Waals surface area (Å²) in [5.74, 6) is 1.11. The van der Waals surface area contributed by atoms with Gasteiger partial charge in [0.25, 0.3) is 0 Å². The van der Waals surface area contributed by atoms with Crippen molar-refractivity contribution in [2.45, 2.75) is 70.3 Å². The summed E-state index contributed by atoms with van der Waals surface area (Å²) in [6.07, 6.45) is 11.0. The second-order valence-corrected chi connectivity index (χ2v) is 6.28. The van der Waals surface area contributed by atoms with Gasteiger partial charge in [0, 0.05) is 18.4 Å². The van der Waals surface area contributed by atoms with E-state index in [0.29, 0.717) is 6.42 Å². The highest BCUT2D eigenvalue weighted by Gasteiger charge is 2.31. The van der Waals surface area contributed by atoms with Crippen molar-refractivity contribution in [2.24, 2.45) is 22.7 Å². The zero-order chi connectivity index (χ0) is 14.4. The fourth-order valence-electron chi connectivity index (χ4n) is 3.65. The SMILES string of the molecule is NC(=NO)C1CCCC1NC(=O)CCC1CCCCC1. The molecule has 2 saturated carbocycles. The van der Waals surface area contributed by atoms with E-state index in [2.05, 4.69) is 10.5 Å². The number of nitrogens with one attached hydrogen (secondary N) is 1. The molecule has 2 fully saturated rings. The van der Waals surface area contributed by atoms with Crippen molar-refractivity contribution in [3.8, 4) is 0 Å². The minimum Gasteiger partial charge on any atom is -0.409 e. The lowest BCUT2D eigenvalue weighted by Gasteiger charge is -2.23. The van der Waals surface area contributed by atoms with E-state index >= 15 is 0 Å². The number of amidine groups is 1. The normalized spacial score (nSPS) is 28.5. The van der Waals surface area contributed by atoms with Crippen LogP contribution in [-0.2, 0) is 4.79 Å². The van der Waals surface area contributed by atoms with Gasteiger partial charge in [-0.3, -0.25) is 4.79 Å². The minimum absolute atomic E-state index is 0.00127. The van der Waals surface area contributed by atoms with Crippen LogP contribution in [0.3, 0.4) is 0 Å². The molecular weight excluding hydrogens is 254 g/mol. The molecule has 5 nitrogen and oxygen atoms in total. The molecule has 2 atom stereocenters. The van der Waals surface area contributed by atoms with Crippen LogP contribution >= 0.6 is 0 Å². The zero-order valence-electron chi connectivity index (χ0n) is 12.2. The van der Waals surface area contributed by atoms with Crippen molar-refractivity contribution in [2.75, 3.05) is 0 Å². The number of hydrogen-bond acceptors (Lipinski definition) is 3. The molecule has 114 valence electrons. The van der Waals surface area contributed by atoms with Gasteiger partial charge in [0.15, 0.2) is 0 Å². The molecule has 0 spiro atoms. The van der Waals surface area contributed by atoms with E-state index in [1.165, 1.54) is 32.1 Å². The molecule has 2 rings (SSSR count).